The highest BCUT2D eigenvalue weighted by atomic mass is 16.2. The second kappa shape index (κ2) is 8.56. The quantitative estimate of drug-likeness (QED) is 0.859. The molecule has 1 atom stereocenters. The zero-order valence-corrected chi connectivity index (χ0v) is 15.6. The summed E-state index contributed by atoms with van der Waals surface area (Å²) in [6.07, 6.45) is 4.89. The van der Waals surface area contributed by atoms with E-state index in [4.69, 9.17) is 0 Å². The van der Waals surface area contributed by atoms with Crippen molar-refractivity contribution in [2.24, 2.45) is 5.92 Å². The molecule has 2 aliphatic rings. The fourth-order valence-corrected chi connectivity index (χ4v) is 3.95. The first kappa shape index (κ1) is 18.1. The number of piperidine rings is 1. The Hall–Kier alpha value is -1.75. The maximum Gasteiger partial charge on any atom is 0.319 e. The summed E-state index contributed by atoms with van der Waals surface area (Å²) in [7, 11) is 0. The van der Waals surface area contributed by atoms with E-state index in [0.29, 0.717) is 12.0 Å². The molecule has 25 heavy (non-hydrogen) atoms. The van der Waals surface area contributed by atoms with E-state index in [0.717, 1.165) is 37.6 Å². The van der Waals surface area contributed by atoms with Crippen molar-refractivity contribution in [3.8, 4) is 0 Å². The molecule has 0 radical (unpaired) electrons. The number of amides is 2. The number of benzene rings is 1. The van der Waals surface area contributed by atoms with Gasteiger partial charge in [0, 0.05) is 32.2 Å². The first-order chi connectivity index (χ1) is 12.1. The summed E-state index contributed by atoms with van der Waals surface area (Å²) in [5, 5.41) is 6.14. The molecule has 2 fully saturated rings. The Morgan fingerprint density at radius 1 is 1.16 bits per heavy atom. The highest BCUT2D eigenvalue weighted by molar-refractivity contribution is 5.93. The minimum absolute atomic E-state index is 0.0895. The van der Waals surface area contributed by atoms with E-state index in [-0.39, 0.29) is 6.03 Å². The van der Waals surface area contributed by atoms with Gasteiger partial charge in [-0.15, -0.1) is 0 Å². The summed E-state index contributed by atoms with van der Waals surface area (Å²) in [6.45, 7) is 9.67. The van der Waals surface area contributed by atoms with Crippen molar-refractivity contribution in [2.75, 3.05) is 42.9 Å². The van der Waals surface area contributed by atoms with Crippen LogP contribution in [0.4, 0.5) is 16.2 Å². The van der Waals surface area contributed by atoms with Gasteiger partial charge in [0.1, 0.15) is 0 Å². The van der Waals surface area contributed by atoms with E-state index in [9.17, 15) is 4.79 Å². The number of likely N-dealkylation sites (tertiary alicyclic amines) is 1. The smallest absolute Gasteiger partial charge is 0.319 e. The highest BCUT2D eigenvalue weighted by Crippen LogP contribution is 2.28. The third kappa shape index (κ3) is 4.88. The minimum atomic E-state index is -0.0895. The van der Waals surface area contributed by atoms with Gasteiger partial charge in [0.15, 0.2) is 0 Å². The van der Waals surface area contributed by atoms with Gasteiger partial charge >= 0.3 is 6.03 Å². The minimum Gasteiger partial charge on any atom is -0.370 e. The molecule has 0 bridgehead atoms. The van der Waals surface area contributed by atoms with Crippen molar-refractivity contribution in [3.63, 3.8) is 0 Å². The van der Waals surface area contributed by atoms with Crippen LogP contribution in [0.25, 0.3) is 0 Å². The third-order valence-corrected chi connectivity index (χ3v) is 5.43. The second-order valence-corrected chi connectivity index (χ2v) is 7.64. The monoisotopic (exact) mass is 344 g/mol. The van der Waals surface area contributed by atoms with Crippen LogP contribution in [-0.4, -0.2) is 49.7 Å². The van der Waals surface area contributed by atoms with E-state index >= 15 is 0 Å². The standard InChI is InChI=1S/C20H32N4O/c1-16(2)24-13-7-8-17(15-24)14-21-20(25)22-18-9-3-4-10-19(18)23-11-5-6-12-23/h3-4,9-10,16-17H,5-8,11-15H2,1-2H3,(H2,21,22,25)/t17-/m0/s1. The molecule has 2 amide bonds. The Morgan fingerprint density at radius 3 is 2.68 bits per heavy atom. The molecule has 138 valence electrons. The zero-order chi connectivity index (χ0) is 17.6. The molecule has 0 spiro atoms. The first-order valence-electron chi connectivity index (χ1n) is 9.76. The van der Waals surface area contributed by atoms with Crippen LogP contribution in [0.1, 0.15) is 39.5 Å². The van der Waals surface area contributed by atoms with Gasteiger partial charge in [0.25, 0.3) is 0 Å². The Labute approximate surface area is 151 Å². The fourth-order valence-electron chi connectivity index (χ4n) is 3.95. The number of para-hydroxylation sites is 2. The molecule has 2 heterocycles. The molecule has 2 aliphatic heterocycles. The van der Waals surface area contributed by atoms with Crippen LogP contribution < -0.4 is 15.5 Å². The van der Waals surface area contributed by atoms with Gasteiger partial charge in [-0.2, -0.15) is 0 Å². The molecule has 2 N–H and O–H groups in total. The van der Waals surface area contributed by atoms with E-state index in [2.05, 4.69) is 40.3 Å². The van der Waals surface area contributed by atoms with Gasteiger partial charge in [0.05, 0.1) is 11.4 Å². The van der Waals surface area contributed by atoms with Crippen LogP contribution in [0, 0.1) is 5.92 Å². The molecule has 1 aromatic carbocycles. The summed E-state index contributed by atoms with van der Waals surface area (Å²) < 4.78 is 0. The molecule has 5 heteroatoms. The van der Waals surface area contributed by atoms with Gasteiger partial charge in [-0.25, -0.2) is 4.79 Å². The Kier molecular flexibility index (Phi) is 6.19. The van der Waals surface area contributed by atoms with Crippen molar-refractivity contribution in [2.45, 2.75) is 45.6 Å². The van der Waals surface area contributed by atoms with Crippen LogP contribution in [0.2, 0.25) is 0 Å². The molecule has 3 rings (SSSR count). The largest absolute Gasteiger partial charge is 0.370 e. The van der Waals surface area contributed by atoms with E-state index < -0.39 is 0 Å². The van der Waals surface area contributed by atoms with Crippen LogP contribution in [-0.2, 0) is 0 Å². The average Bonchev–Trinajstić information content (AvgIpc) is 3.15. The number of nitrogens with zero attached hydrogens (tertiary/aromatic N) is 2. The molecule has 0 aliphatic carbocycles. The normalized spacial score (nSPS) is 21.6. The van der Waals surface area contributed by atoms with E-state index in [1.54, 1.807) is 0 Å². The maximum absolute atomic E-state index is 12.4. The number of carbonyl (C=O) groups excluding carboxylic acids is 1. The van der Waals surface area contributed by atoms with Crippen LogP contribution in [0.3, 0.4) is 0 Å². The zero-order valence-electron chi connectivity index (χ0n) is 15.6. The average molecular weight is 345 g/mol. The summed E-state index contributed by atoms with van der Waals surface area (Å²) in [5.41, 5.74) is 2.05. The molecule has 0 unspecified atom stereocenters. The SMILES string of the molecule is CC(C)N1CCC[C@@H](CNC(=O)Nc2ccccc2N2CCCC2)C1. The van der Waals surface area contributed by atoms with Crippen molar-refractivity contribution < 1.29 is 4.79 Å². The molecule has 1 aromatic rings. The molecular weight excluding hydrogens is 312 g/mol. The Morgan fingerprint density at radius 2 is 1.92 bits per heavy atom. The third-order valence-electron chi connectivity index (χ3n) is 5.43. The number of carbonyl (C=O) groups is 1. The number of rotatable bonds is 5. The van der Waals surface area contributed by atoms with Crippen LogP contribution in [0.5, 0.6) is 0 Å². The predicted molar refractivity (Wildman–Crippen MR) is 104 cm³/mol. The van der Waals surface area contributed by atoms with Crippen LogP contribution in [0.15, 0.2) is 24.3 Å². The summed E-state index contributed by atoms with van der Waals surface area (Å²) in [5.74, 6) is 0.552. The highest BCUT2D eigenvalue weighted by Gasteiger charge is 2.22. The molecule has 0 saturated carbocycles. The lowest BCUT2D eigenvalue weighted by Crippen LogP contribution is -2.44. The maximum atomic E-state index is 12.4. The number of hydrogen-bond donors (Lipinski definition) is 2. The van der Waals surface area contributed by atoms with Gasteiger partial charge in [-0.05, 0) is 64.1 Å². The lowest BCUT2D eigenvalue weighted by Gasteiger charge is -2.35. The number of urea groups is 1. The van der Waals surface area contributed by atoms with Crippen molar-refractivity contribution >= 4 is 17.4 Å². The van der Waals surface area contributed by atoms with E-state index in [1.807, 2.05) is 18.2 Å². The van der Waals surface area contributed by atoms with Gasteiger partial charge < -0.3 is 20.4 Å². The number of nitrogens with one attached hydrogen (secondary N) is 2. The Balaban J connectivity index is 1.51. The Bertz CT molecular complexity index is 569. The first-order valence-corrected chi connectivity index (χ1v) is 9.76. The molecule has 5 nitrogen and oxygen atoms in total. The topological polar surface area (TPSA) is 47.6 Å². The van der Waals surface area contributed by atoms with Crippen molar-refractivity contribution in [1.29, 1.82) is 0 Å². The summed E-state index contributed by atoms with van der Waals surface area (Å²) in [6, 6.07) is 8.62. The lowest BCUT2D eigenvalue weighted by atomic mass is 9.97. The summed E-state index contributed by atoms with van der Waals surface area (Å²) >= 11 is 0. The van der Waals surface area contributed by atoms with Gasteiger partial charge in [0.2, 0.25) is 0 Å². The predicted octanol–water partition coefficient (Wildman–Crippen LogP) is 3.53. The van der Waals surface area contributed by atoms with Crippen LogP contribution >= 0.6 is 0 Å². The lowest BCUT2D eigenvalue weighted by molar-refractivity contribution is 0.139. The van der Waals surface area contributed by atoms with E-state index in [1.165, 1.54) is 32.2 Å². The number of hydrogen-bond acceptors (Lipinski definition) is 3. The molecule has 2 saturated heterocycles. The molecule has 0 aromatic heterocycles. The van der Waals surface area contributed by atoms with Gasteiger partial charge in [-0.1, -0.05) is 12.1 Å². The molecular formula is C20H32N4O. The van der Waals surface area contributed by atoms with Gasteiger partial charge in [-0.3, -0.25) is 0 Å². The number of anilines is 2. The van der Waals surface area contributed by atoms with Crippen molar-refractivity contribution in [3.05, 3.63) is 24.3 Å². The fraction of sp³-hybridized carbons (Fsp3) is 0.650. The summed E-state index contributed by atoms with van der Waals surface area (Å²) in [4.78, 5) is 17.3. The second-order valence-electron chi connectivity index (χ2n) is 7.64. The van der Waals surface area contributed by atoms with Crippen molar-refractivity contribution in [1.82, 2.24) is 10.2 Å².